The van der Waals surface area contributed by atoms with Crippen LogP contribution in [0.15, 0.2) is 22.7 Å². The minimum Gasteiger partial charge on any atom is -0.493 e. The smallest absolute Gasteiger partial charge is 0.344 e. The van der Waals surface area contributed by atoms with Crippen LogP contribution in [0.3, 0.4) is 0 Å². The van der Waals surface area contributed by atoms with Crippen molar-refractivity contribution in [2.24, 2.45) is 0 Å². The molecule has 0 saturated carbocycles. The lowest BCUT2D eigenvalue weighted by Gasteiger charge is -2.19. The molecule has 0 unspecified atom stereocenters. The molecule has 18 heavy (non-hydrogen) atoms. The van der Waals surface area contributed by atoms with Crippen LogP contribution in [0.25, 0.3) is 0 Å². The van der Waals surface area contributed by atoms with Gasteiger partial charge in [0, 0.05) is 4.47 Å². The Morgan fingerprint density at radius 1 is 1.28 bits per heavy atom. The second-order valence-electron chi connectivity index (χ2n) is 4.67. The molecular formula is C13H17BrO4. The molecule has 1 aromatic carbocycles. The molecule has 0 heterocycles. The van der Waals surface area contributed by atoms with Crippen molar-refractivity contribution in [3.63, 3.8) is 0 Å². The van der Waals surface area contributed by atoms with E-state index in [4.69, 9.17) is 14.2 Å². The van der Waals surface area contributed by atoms with E-state index in [0.29, 0.717) is 11.5 Å². The highest BCUT2D eigenvalue weighted by Crippen LogP contribution is 2.30. The van der Waals surface area contributed by atoms with E-state index < -0.39 is 11.6 Å². The van der Waals surface area contributed by atoms with Gasteiger partial charge in [-0.15, -0.1) is 0 Å². The highest BCUT2D eigenvalue weighted by molar-refractivity contribution is 9.10. The zero-order valence-electron chi connectivity index (χ0n) is 11.0. The first kappa shape index (κ1) is 14.8. The van der Waals surface area contributed by atoms with Gasteiger partial charge in [-0.25, -0.2) is 4.79 Å². The zero-order valence-corrected chi connectivity index (χ0v) is 12.5. The molecule has 4 nitrogen and oxygen atoms in total. The normalized spacial score (nSPS) is 10.9. The number of carbonyl (C=O) groups is 1. The fourth-order valence-corrected chi connectivity index (χ4v) is 1.61. The Labute approximate surface area is 115 Å². The number of rotatable bonds is 4. The topological polar surface area (TPSA) is 44.8 Å². The molecule has 0 radical (unpaired) electrons. The van der Waals surface area contributed by atoms with E-state index in [1.807, 2.05) is 26.8 Å². The Morgan fingerprint density at radius 2 is 1.94 bits per heavy atom. The maximum atomic E-state index is 11.5. The van der Waals surface area contributed by atoms with Crippen LogP contribution >= 0.6 is 15.9 Å². The molecule has 0 aliphatic rings. The molecule has 1 rings (SSSR count). The molecule has 0 N–H and O–H groups in total. The average molecular weight is 317 g/mol. The van der Waals surface area contributed by atoms with Crippen LogP contribution in [0.1, 0.15) is 20.8 Å². The van der Waals surface area contributed by atoms with Crippen LogP contribution in [0.2, 0.25) is 0 Å². The van der Waals surface area contributed by atoms with Crippen LogP contribution < -0.4 is 9.47 Å². The number of ether oxygens (including phenoxy) is 3. The monoisotopic (exact) mass is 316 g/mol. The summed E-state index contributed by atoms with van der Waals surface area (Å²) in [5.74, 6) is 0.657. The van der Waals surface area contributed by atoms with E-state index in [2.05, 4.69) is 15.9 Å². The van der Waals surface area contributed by atoms with Gasteiger partial charge in [0.1, 0.15) is 5.60 Å². The molecule has 0 amide bonds. The maximum absolute atomic E-state index is 11.5. The standard InChI is InChI=1S/C13H17BrO4/c1-13(2,3)18-12(15)8-17-11-7-9(14)5-6-10(11)16-4/h5-7H,8H2,1-4H3. The van der Waals surface area contributed by atoms with Gasteiger partial charge in [0.05, 0.1) is 7.11 Å². The van der Waals surface area contributed by atoms with E-state index >= 15 is 0 Å². The fraction of sp³-hybridized carbons (Fsp3) is 0.462. The van der Waals surface area contributed by atoms with E-state index in [1.54, 1.807) is 19.2 Å². The summed E-state index contributed by atoms with van der Waals surface area (Å²) in [6.07, 6.45) is 0. The number of benzene rings is 1. The summed E-state index contributed by atoms with van der Waals surface area (Å²) in [6, 6.07) is 5.33. The van der Waals surface area contributed by atoms with Gasteiger partial charge in [-0.1, -0.05) is 15.9 Å². The Balaban J connectivity index is 2.63. The third kappa shape index (κ3) is 4.96. The lowest BCUT2D eigenvalue weighted by atomic mass is 10.2. The van der Waals surface area contributed by atoms with Gasteiger partial charge in [0.2, 0.25) is 0 Å². The first-order valence-electron chi connectivity index (χ1n) is 5.50. The fourth-order valence-electron chi connectivity index (χ4n) is 1.27. The summed E-state index contributed by atoms with van der Waals surface area (Å²) in [4.78, 5) is 11.5. The van der Waals surface area contributed by atoms with Crippen LogP contribution in [-0.4, -0.2) is 25.3 Å². The summed E-state index contributed by atoms with van der Waals surface area (Å²) >= 11 is 3.33. The van der Waals surface area contributed by atoms with Gasteiger partial charge in [0.25, 0.3) is 0 Å². The first-order chi connectivity index (χ1) is 8.31. The SMILES string of the molecule is COc1ccc(Br)cc1OCC(=O)OC(C)(C)C. The second kappa shape index (κ2) is 6.09. The molecule has 0 fully saturated rings. The molecule has 0 aliphatic heterocycles. The molecule has 0 atom stereocenters. The van der Waals surface area contributed by atoms with Crippen molar-refractivity contribution in [2.45, 2.75) is 26.4 Å². The maximum Gasteiger partial charge on any atom is 0.344 e. The molecule has 0 bridgehead atoms. The number of carbonyl (C=O) groups excluding carboxylic acids is 1. The minimum absolute atomic E-state index is 0.149. The summed E-state index contributed by atoms with van der Waals surface area (Å²) in [5.41, 5.74) is -0.512. The van der Waals surface area contributed by atoms with Gasteiger partial charge >= 0.3 is 5.97 Å². The van der Waals surface area contributed by atoms with Crippen molar-refractivity contribution in [3.05, 3.63) is 22.7 Å². The van der Waals surface area contributed by atoms with E-state index in [9.17, 15) is 4.79 Å². The highest BCUT2D eigenvalue weighted by atomic mass is 79.9. The van der Waals surface area contributed by atoms with Crippen LogP contribution in [0.5, 0.6) is 11.5 Å². The molecule has 0 saturated heterocycles. The number of halogens is 1. The lowest BCUT2D eigenvalue weighted by Crippen LogP contribution is -2.27. The Morgan fingerprint density at radius 3 is 2.50 bits per heavy atom. The summed E-state index contributed by atoms with van der Waals surface area (Å²) in [5, 5.41) is 0. The number of esters is 1. The predicted molar refractivity (Wildman–Crippen MR) is 72.0 cm³/mol. The Bertz CT molecular complexity index is 423. The Kier molecular flexibility index (Phi) is 5.02. The van der Waals surface area contributed by atoms with Gasteiger partial charge < -0.3 is 14.2 Å². The zero-order chi connectivity index (χ0) is 13.8. The molecule has 0 aliphatic carbocycles. The van der Waals surface area contributed by atoms with Crippen LogP contribution in [-0.2, 0) is 9.53 Å². The quantitative estimate of drug-likeness (QED) is 0.800. The number of hydrogen-bond acceptors (Lipinski definition) is 4. The van der Waals surface area contributed by atoms with Gasteiger partial charge in [-0.3, -0.25) is 0 Å². The van der Waals surface area contributed by atoms with Crippen molar-refractivity contribution in [1.82, 2.24) is 0 Å². The van der Waals surface area contributed by atoms with Crippen molar-refractivity contribution in [3.8, 4) is 11.5 Å². The third-order valence-corrected chi connectivity index (χ3v) is 2.38. The molecule has 0 spiro atoms. The summed E-state index contributed by atoms with van der Waals surface area (Å²) < 4.78 is 16.5. The van der Waals surface area contributed by atoms with Gasteiger partial charge in [-0.05, 0) is 39.0 Å². The van der Waals surface area contributed by atoms with Crippen molar-refractivity contribution >= 4 is 21.9 Å². The molecule has 100 valence electrons. The summed E-state index contributed by atoms with van der Waals surface area (Å²) in [7, 11) is 1.55. The molecular weight excluding hydrogens is 300 g/mol. The average Bonchev–Trinajstić information content (AvgIpc) is 2.24. The van der Waals surface area contributed by atoms with Crippen molar-refractivity contribution in [1.29, 1.82) is 0 Å². The molecule has 1 aromatic rings. The molecule has 5 heteroatoms. The first-order valence-corrected chi connectivity index (χ1v) is 6.29. The van der Waals surface area contributed by atoms with Crippen LogP contribution in [0, 0.1) is 0 Å². The van der Waals surface area contributed by atoms with Crippen molar-refractivity contribution < 1.29 is 19.0 Å². The predicted octanol–water partition coefficient (Wildman–Crippen LogP) is 3.18. The summed E-state index contributed by atoms with van der Waals surface area (Å²) in [6.45, 7) is 5.28. The third-order valence-electron chi connectivity index (χ3n) is 1.89. The second-order valence-corrected chi connectivity index (χ2v) is 5.59. The Hall–Kier alpha value is -1.23. The van der Waals surface area contributed by atoms with Gasteiger partial charge in [-0.2, -0.15) is 0 Å². The van der Waals surface area contributed by atoms with E-state index in [1.165, 1.54) is 0 Å². The van der Waals surface area contributed by atoms with E-state index in [-0.39, 0.29) is 6.61 Å². The van der Waals surface area contributed by atoms with Crippen LogP contribution in [0.4, 0.5) is 0 Å². The highest BCUT2D eigenvalue weighted by Gasteiger charge is 2.17. The number of methoxy groups -OCH3 is 1. The number of hydrogen-bond donors (Lipinski definition) is 0. The van der Waals surface area contributed by atoms with Crippen molar-refractivity contribution in [2.75, 3.05) is 13.7 Å². The largest absolute Gasteiger partial charge is 0.493 e. The van der Waals surface area contributed by atoms with E-state index in [0.717, 1.165) is 4.47 Å². The lowest BCUT2D eigenvalue weighted by molar-refractivity contribution is -0.157. The minimum atomic E-state index is -0.512. The van der Waals surface area contributed by atoms with Gasteiger partial charge in [0.15, 0.2) is 18.1 Å². The molecule has 0 aromatic heterocycles.